The van der Waals surface area contributed by atoms with Crippen LogP contribution in [0.25, 0.3) is 0 Å². The SMILES string of the molecule is N#Cc1cc(Br)cnc1N1CCCC(COc2ccnc(C(F)(F)F)c2)C1. The first kappa shape index (κ1) is 19.4. The Morgan fingerprint density at radius 2 is 2.15 bits per heavy atom. The number of nitriles is 1. The number of piperidine rings is 1. The number of halogens is 4. The van der Waals surface area contributed by atoms with Crippen LogP contribution in [-0.4, -0.2) is 29.7 Å². The largest absolute Gasteiger partial charge is 0.493 e. The average molecular weight is 441 g/mol. The Balaban J connectivity index is 1.65. The van der Waals surface area contributed by atoms with E-state index >= 15 is 0 Å². The fraction of sp³-hybridized carbons (Fsp3) is 0.389. The summed E-state index contributed by atoms with van der Waals surface area (Å²) >= 11 is 3.31. The molecule has 1 unspecified atom stereocenters. The van der Waals surface area contributed by atoms with Crippen LogP contribution >= 0.6 is 15.9 Å². The zero-order valence-electron chi connectivity index (χ0n) is 14.2. The fourth-order valence-corrected chi connectivity index (χ4v) is 3.36. The van der Waals surface area contributed by atoms with Gasteiger partial charge in [0, 0.05) is 41.9 Å². The van der Waals surface area contributed by atoms with Gasteiger partial charge >= 0.3 is 6.18 Å². The van der Waals surface area contributed by atoms with Crippen molar-refractivity contribution in [3.8, 4) is 11.8 Å². The monoisotopic (exact) mass is 440 g/mol. The molecule has 0 bridgehead atoms. The van der Waals surface area contributed by atoms with E-state index in [2.05, 4.69) is 32.0 Å². The van der Waals surface area contributed by atoms with Gasteiger partial charge in [-0.05, 0) is 40.9 Å². The Morgan fingerprint density at radius 3 is 2.89 bits per heavy atom. The molecule has 2 aromatic rings. The predicted octanol–water partition coefficient (Wildman–Crippen LogP) is 4.42. The van der Waals surface area contributed by atoms with Crippen LogP contribution in [0.5, 0.6) is 5.75 Å². The minimum absolute atomic E-state index is 0.123. The third-order valence-corrected chi connectivity index (χ3v) is 4.71. The lowest BCUT2D eigenvalue weighted by molar-refractivity contribution is -0.141. The van der Waals surface area contributed by atoms with E-state index in [0.29, 0.717) is 17.9 Å². The Hall–Kier alpha value is -2.34. The van der Waals surface area contributed by atoms with Gasteiger partial charge in [-0.3, -0.25) is 4.98 Å². The molecule has 1 saturated heterocycles. The van der Waals surface area contributed by atoms with Crippen molar-refractivity contribution in [2.24, 2.45) is 5.92 Å². The van der Waals surface area contributed by atoms with Crippen molar-refractivity contribution >= 4 is 21.7 Å². The van der Waals surface area contributed by atoms with E-state index in [9.17, 15) is 18.4 Å². The van der Waals surface area contributed by atoms with Crippen molar-refractivity contribution in [2.45, 2.75) is 19.0 Å². The maximum absolute atomic E-state index is 12.7. The number of ether oxygens (including phenoxy) is 1. The van der Waals surface area contributed by atoms with Gasteiger partial charge in [-0.2, -0.15) is 18.4 Å². The predicted molar refractivity (Wildman–Crippen MR) is 96.3 cm³/mol. The molecule has 0 N–H and O–H groups in total. The summed E-state index contributed by atoms with van der Waals surface area (Å²) in [4.78, 5) is 9.70. The smallest absolute Gasteiger partial charge is 0.433 e. The highest BCUT2D eigenvalue weighted by molar-refractivity contribution is 9.10. The first-order valence-electron chi connectivity index (χ1n) is 8.33. The summed E-state index contributed by atoms with van der Waals surface area (Å²) in [6.07, 6.45) is 0.0249. The zero-order valence-corrected chi connectivity index (χ0v) is 15.8. The highest BCUT2D eigenvalue weighted by Gasteiger charge is 2.32. The summed E-state index contributed by atoms with van der Waals surface area (Å²) in [5.74, 6) is 0.890. The van der Waals surface area contributed by atoms with Crippen LogP contribution in [-0.2, 0) is 6.18 Å². The lowest BCUT2D eigenvalue weighted by Crippen LogP contribution is -2.38. The molecule has 0 amide bonds. The molecule has 1 aliphatic heterocycles. The van der Waals surface area contributed by atoms with Crippen molar-refractivity contribution < 1.29 is 17.9 Å². The Labute approximate surface area is 162 Å². The van der Waals surface area contributed by atoms with E-state index in [4.69, 9.17) is 4.74 Å². The van der Waals surface area contributed by atoms with Gasteiger partial charge in [-0.15, -0.1) is 0 Å². The molecule has 1 fully saturated rings. The lowest BCUT2D eigenvalue weighted by atomic mass is 9.98. The van der Waals surface area contributed by atoms with Crippen LogP contribution in [0, 0.1) is 17.2 Å². The Morgan fingerprint density at radius 1 is 1.33 bits per heavy atom. The third-order valence-electron chi connectivity index (χ3n) is 4.28. The standard InChI is InChI=1S/C18H16BrF3N4O/c19-14-6-13(8-23)17(25-9-14)26-5-1-2-12(10-26)11-27-15-3-4-24-16(7-15)18(20,21)22/h3-4,6-7,9,12H,1-2,5,10-11H2. The summed E-state index contributed by atoms with van der Waals surface area (Å²) in [7, 11) is 0. The van der Waals surface area contributed by atoms with Crippen LogP contribution < -0.4 is 9.64 Å². The van der Waals surface area contributed by atoms with Crippen molar-refractivity contribution in [2.75, 3.05) is 24.6 Å². The summed E-state index contributed by atoms with van der Waals surface area (Å²) in [6, 6.07) is 6.19. The lowest BCUT2D eigenvalue weighted by Gasteiger charge is -2.33. The first-order chi connectivity index (χ1) is 12.9. The minimum atomic E-state index is -4.50. The van der Waals surface area contributed by atoms with Crippen LogP contribution in [0.4, 0.5) is 19.0 Å². The summed E-state index contributed by atoms with van der Waals surface area (Å²) in [5.41, 5.74) is -0.488. The molecule has 5 nitrogen and oxygen atoms in total. The Kier molecular flexibility index (Phi) is 5.85. The summed E-state index contributed by atoms with van der Waals surface area (Å²) in [5, 5.41) is 9.32. The van der Waals surface area contributed by atoms with E-state index in [0.717, 1.165) is 36.1 Å². The molecule has 3 rings (SSSR count). The molecule has 0 spiro atoms. The molecule has 27 heavy (non-hydrogen) atoms. The molecule has 1 aliphatic rings. The van der Waals surface area contributed by atoms with Gasteiger partial charge in [0.15, 0.2) is 0 Å². The molecule has 9 heteroatoms. The minimum Gasteiger partial charge on any atom is -0.493 e. The number of hydrogen-bond donors (Lipinski definition) is 0. The molecule has 142 valence electrons. The molecular formula is C18H16BrF3N4O. The highest BCUT2D eigenvalue weighted by atomic mass is 79.9. The van der Waals surface area contributed by atoms with Crippen LogP contribution in [0.3, 0.4) is 0 Å². The number of pyridine rings is 2. The molecule has 1 atom stereocenters. The maximum Gasteiger partial charge on any atom is 0.433 e. The van der Waals surface area contributed by atoms with E-state index in [1.807, 2.05) is 4.90 Å². The van der Waals surface area contributed by atoms with Crippen molar-refractivity contribution in [3.63, 3.8) is 0 Å². The van der Waals surface area contributed by atoms with Crippen LogP contribution in [0.15, 0.2) is 35.1 Å². The van der Waals surface area contributed by atoms with Gasteiger partial charge in [-0.1, -0.05) is 0 Å². The molecule has 0 radical (unpaired) electrons. The molecule has 0 aliphatic carbocycles. The fourth-order valence-electron chi connectivity index (χ4n) is 3.03. The molecular weight excluding hydrogens is 425 g/mol. The molecule has 2 aromatic heterocycles. The van der Waals surface area contributed by atoms with Crippen LogP contribution in [0.1, 0.15) is 24.1 Å². The van der Waals surface area contributed by atoms with Gasteiger partial charge in [0.1, 0.15) is 23.3 Å². The third kappa shape index (κ3) is 4.89. The molecule has 3 heterocycles. The molecule has 0 aromatic carbocycles. The topological polar surface area (TPSA) is 62.0 Å². The number of anilines is 1. The second-order valence-corrected chi connectivity index (χ2v) is 7.19. The second-order valence-electron chi connectivity index (χ2n) is 6.28. The molecule has 0 saturated carbocycles. The van der Waals surface area contributed by atoms with E-state index < -0.39 is 11.9 Å². The number of rotatable bonds is 4. The zero-order chi connectivity index (χ0) is 19.4. The number of aromatic nitrogens is 2. The van der Waals surface area contributed by atoms with Gasteiger partial charge in [0.05, 0.1) is 12.2 Å². The highest BCUT2D eigenvalue weighted by Crippen LogP contribution is 2.30. The van der Waals surface area contributed by atoms with Crippen molar-refractivity contribution in [1.29, 1.82) is 5.26 Å². The van der Waals surface area contributed by atoms with Gasteiger partial charge in [0.2, 0.25) is 0 Å². The first-order valence-corrected chi connectivity index (χ1v) is 9.13. The quantitative estimate of drug-likeness (QED) is 0.703. The summed E-state index contributed by atoms with van der Waals surface area (Å²) in [6.45, 7) is 1.68. The summed E-state index contributed by atoms with van der Waals surface area (Å²) < 4.78 is 44.5. The van der Waals surface area contributed by atoms with E-state index in [1.54, 1.807) is 12.3 Å². The van der Waals surface area contributed by atoms with Gasteiger partial charge in [0.25, 0.3) is 0 Å². The Bertz CT molecular complexity index is 853. The van der Waals surface area contributed by atoms with E-state index in [-0.39, 0.29) is 18.3 Å². The number of hydrogen-bond acceptors (Lipinski definition) is 5. The van der Waals surface area contributed by atoms with Gasteiger partial charge in [-0.25, -0.2) is 4.98 Å². The van der Waals surface area contributed by atoms with Crippen LogP contribution in [0.2, 0.25) is 0 Å². The second kappa shape index (κ2) is 8.13. The number of alkyl halides is 3. The van der Waals surface area contributed by atoms with Crippen molar-refractivity contribution in [1.82, 2.24) is 9.97 Å². The van der Waals surface area contributed by atoms with Crippen molar-refractivity contribution in [3.05, 3.63) is 46.3 Å². The number of nitrogens with zero attached hydrogens (tertiary/aromatic N) is 4. The van der Waals surface area contributed by atoms with Gasteiger partial charge < -0.3 is 9.64 Å². The average Bonchev–Trinajstić information content (AvgIpc) is 2.66. The normalized spacial score (nSPS) is 17.4. The maximum atomic E-state index is 12.7. The van der Waals surface area contributed by atoms with E-state index in [1.165, 1.54) is 6.07 Å².